The van der Waals surface area contributed by atoms with Crippen LogP contribution in [0.2, 0.25) is 0 Å². The lowest BCUT2D eigenvalue weighted by molar-refractivity contribution is -0.138. The number of aryl methyl sites for hydroxylation is 1. The average Bonchev–Trinajstić information content (AvgIpc) is 3.20. The van der Waals surface area contributed by atoms with Crippen LogP contribution in [-0.2, 0) is 11.2 Å². The van der Waals surface area contributed by atoms with E-state index < -0.39 is 5.97 Å². The first-order valence-corrected chi connectivity index (χ1v) is 7.28. The number of hydrogen-bond acceptors (Lipinski definition) is 2. The molecule has 4 nitrogen and oxygen atoms in total. The van der Waals surface area contributed by atoms with E-state index in [-0.39, 0.29) is 17.7 Å². The number of rotatable bonds is 5. The Morgan fingerprint density at radius 1 is 1.59 bits per heavy atom. The van der Waals surface area contributed by atoms with Crippen molar-refractivity contribution < 1.29 is 14.3 Å². The average molecular weight is 300 g/mol. The van der Waals surface area contributed by atoms with Crippen molar-refractivity contribution in [3.05, 3.63) is 48.2 Å². The van der Waals surface area contributed by atoms with Crippen LogP contribution in [0, 0.1) is 11.7 Å². The lowest BCUT2D eigenvalue weighted by Crippen LogP contribution is -1.99. The van der Waals surface area contributed by atoms with Gasteiger partial charge in [0.2, 0.25) is 0 Å². The third-order valence-electron chi connectivity index (χ3n) is 4.13. The lowest BCUT2D eigenvalue weighted by Gasteiger charge is -2.03. The minimum Gasteiger partial charge on any atom is -0.481 e. The summed E-state index contributed by atoms with van der Waals surface area (Å²) < 4.78 is 16.2. The largest absolute Gasteiger partial charge is 0.481 e. The number of benzene rings is 1. The van der Waals surface area contributed by atoms with Crippen LogP contribution < -0.4 is 0 Å². The van der Waals surface area contributed by atoms with Gasteiger partial charge >= 0.3 is 5.97 Å². The molecular formula is C17H17FN2O2. The van der Waals surface area contributed by atoms with Crippen LogP contribution in [0.3, 0.4) is 0 Å². The fraction of sp³-hybridized carbons (Fsp3) is 0.294. The SMILES string of the molecule is C=Cn1cc(-c2ccc(C3C[C@@H]3C(=O)O)cc2F)nc1CC. The number of hydrogen-bond donors (Lipinski definition) is 1. The molecule has 1 aromatic heterocycles. The summed E-state index contributed by atoms with van der Waals surface area (Å²) in [5, 5.41) is 8.96. The van der Waals surface area contributed by atoms with Crippen molar-refractivity contribution in [2.75, 3.05) is 0 Å². The quantitative estimate of drug-likeness (QED) is 0.919. The van der Waals surface area contributed by atoms with Crippen molar-refractivity contribution in [3.8, 4) is 11.3 Å². The fourth-order valence-electron chi connectivity index (χ4n) is 2.79. The molecule has 1 N–H and O–H groups in total. The van der Waals surface area contributed by atoms with Gasteiger partial charge < -0.3 is 9.67 Å². The highest BCUT2D eigenvalue weighted by Gasteiger charge is 2.44. The van der Waals surface area contributed by atoms with Crippen LogP contribution >= 0.6 is 0 Å². The second-order valence-corrected chi connectivity index (χ2v) is 5.51. The first-order valence-electron chi connectivity index (χ1n) is 7.28. The number of aliphatic carboxylic acids is 1. The number of aromatic nitrogens is 2. The highest BCUT2D eigenvalue weighted by molar-refractivity contribution is 5.75. The van der Waals surface area contributed by atoms with Gasteiger partial charge in [-0.25, -0.2) is 9.37 Å². The van der Waals surface area contributed by atoms with Crippen molar-refractivity contribution in [1.82, 2.24) is 9.55 Å². The van der Waals surface area contributed by atoms with Crippen molar-refractivity contribution in [2.45, 2.75) is 25.7 Å². The van der Waals surface area contributed by atoms with Crippen LogP contribution in [0.1, 0.15) is 30.7 Å². The molecule has 1 unspecified atom stereocenters. The van der Waals surface area contributed by atoms with Gasteiger partial charge in [-0.05, 0) is 30.0 Å². The van der Waals surface area contributed by atoms with Crippen LogP contribution in [0.15, 0.2) is 31.0 Å². The molecule has 0 saturated heterocycles. The molecule has 0 radical (unpaired) electrons. The number of carboxylic acids is 1. The van der Waals surface area contributed by atoms with Gasteiger partial charge in [-0.1, -0.05) is 19.6 Å². The molecule has 1 aliphatic rings. The molecule has 5 heteroatoms. The Bertz CT molecular complexity index is 751. The third kappa shape index (κ3) is 2.43. The Kier molecular flexibility index (Phi) is 3.56. The minimum absolute atomic E-state index is 0.0713. The standard InChI is InChI=1S/C17H17FN2O2/c1-3-16-19-15(9-20(16)4-2)11-6-5-10(7-14(11)18)12-8-13(12)17(21)22/h4-7,9,12-13H,2-3,8H2,1H3,(H,21,22)/t12?,13-/m0/s1. The first-order chi connectivity index (χ1) is 10.5. The summed E-state index contributed by atoms with van der Waals surface area (Å²) in [6, 6.07) is 4.91. The van der Waals surface area contributed by atoms with Gasteiger partial charge in [-0.3, -0.25) is 4.79 Å². The van der Waals surface area contributed by atoms with Crippen molar-refractivity contribution >= 4 is 12.2 Å². The maximum absolute atomic E-state index is 14.4. The predicted molar refractivity (Wildman–Crippen MR) is 81.9 cm³/mol. The molecule has 1 heterocycles. The number of imidazole rings is 1. The molecule has 0 amide bonds. The van der Waals surface area contributed by atoms with E-state index in [0.717, 1.165) is 17.8 Å². The van der Waals surface area contributed by atoms with Crippen LogP contribution in [0.5, 0.6) is 0 Å². The Balaban J connectivity index is 1.91. The highest BCUT2D eigenvalue weighted by Crippen LogP contribution is 2.48. The van der Waals surface area contributed by atoms with E-state index in [1.807, 2.05) is 6.92 Å². The maximum Gasteiger partial charge on any atom is 0.307 e. The molecule has 0 bridgehead atoms. The summed E-state index contributed by atoms with van der Waals surface area (Å²) in [7, 11) is 0. The Labute approximate surface area is 127 Å². The van der Waals surface area contributed by atoms with E-state index in [9.17, 15) is 9.18 Å². The van der Waals surface area contributed by atoms with Crippen LogP contribution in [0.25, 0.3) is 17.5 Å². The van der Waals surface area contributed by atoms with E-state index in [1.54, 1.807) is 29.1 Å². The maximum atomic E-state index is 14.4. The van der Waals surface area contributed by atoms with E-state index in [4.69, 9.17) is 5.11 Å². The number of halogens is 1. The Morgan fingerprint density at radius 3 is 2.86 bits per heavy atom. The van der Waals surface area contributed by atoms with Crippen molar-refractivity contribution in [2.24, 2.45) is 5.92 Å². The molecule has 1 aromatic carbocycles. The van der Waals surface area contributed by atoms with Crippen molar-refractivity contribution in [1.29, 1.82) is 0 Å². The molecule has 0 aliphatic heterocycles. The molecule has 1 saturated carbocycles. The van der Waals surface area contributed by atoms with Gasteiger partial charge in [0.15, 0.2) is 0 Å². The summed E-state index contributed by atoms with van der Waals surface area (Å²) >= 11 is 0. The zero-order chi connectivity index (χ0) is 15.9. The van der Waals surface area contributed by atoms with Gasteiger partial charge in [0, 0.05) is 24.4 Å². The summed E-state index contributed by atoms with van der Waals surface area (Å²) in [6.07, 6.45) is 4.71. The summed E-state index contributed by atoms with van der Waals surface area (Å²) in [6.45, 7) is 5.69. The molecule has 114 valence electrons. The second-order valence-electron chi connectivity index (χ2n) is 5.51. The van der Waals surface area contributed by atoms with Crippen LogP contribution in [-0.4, -0.2) is 20.6 Å². The predicted octanol–water partition coefficient (Wildman–Crippen LogP) is 3.54. The molecule has 0 spiro atoms. The first kappa shape index (κ1) is 14.5. The lowest BCUT2D eigenvalue weighted by atomic mass is 10.0. The van der Waals surface area contributed by atoms with E-state index in [1.165, 1.54) is 6.07 Å². The zero-order valence-corrected chi connectivity index (χ0v) is 12.3. The van der Waals surface area contributed by atoms with Gasteiger partial charge in [-0.15, -0.1) is 0 Å². The van der Waals surface area contributed by atoms with Crippen LogP contribution in [0.4, 0.5) is 4.39 Å². The molecule has 22 heavy (non-hydrogen) atoms. The topological polar surface area (TPSA) is 55.1 Å². The fourth-order valence-corrected chi connectivity index (χ4v) is 2.79. The molecule has 2 aromatic rings. The van der Waals surface area contributed by atoms with E-state index in [2.05, 4.69) is 11.6 Å². The smallest absolute Gasteiger partial charge is 0.307 e. The number of nitrogens with zero attached hydrogens (tertiary/aromatic N) is 2. The van der Waals surface area contributed by atoms with Gasteiger partial charge in [0.05, 0.1) is 11.6 Å². The molecular weight excluding hydrogens is 283 g/mol. The second kappa shape index (κ2) is 5.40. The summed E-state index contributed by atoms with van der Waals surface area (Å²) in [4.78, 5) is 15.3. The van der Waals surface area contributed by atoms with E-state index in [0.29, 0.717) is 17.7 Å². The zero-order valence-electron chi connectivity index (χ0n) is 12.3. The summed E-state index contributed by atoms with van der Waals surface area (Å²) in [5.41, 5.74) is 1.73. The molecule has 1 aliphatic carbocycles. The van der Waals surface area contributed by atoms with Gasteiger partial charge in [0.25, 0.3) is 0 Å². The molecule has 2 atom stereocenters. The van der Waals surface area contributed by atoms with Gasteiger partial charge in [-0.2, -0.15) is 0 Å². The van der Waals surface area contributed by atoms with Crippen molar-refractivity contribution in [3.63, 3.8) is 0 Å². The number of carbonyl (C=O) groups is 1. The monoisotopic (exact) mass is 300 g/mol. The summed E-state index contributed by atoms with van der Waals surface area (Å²) in [5.74, 6) is -0.812. The highest BCUT2D eigenvalue weighted by atomic mass is 19.1. The minimum atomic E-state index is -0.813. The Morgan fingerprint density at radius 2 is 2.36 bits per heavy atom. The molecule has 1 fully saturated rings. The van der Waals surface area contributed by atoms with E-state index >= 15 is 0 Å². The normalized spacial score (nSPS) is 19.9. The van der Waals surface area contributed by atoms with Gasteiger partial charge in [0.1, 0.15) is 11.6 Å². The third-order valence-corrected chi connectivity index (χ3v) is 4.13. The Hall–Kier alpha value is -2.43. The number of carboxylic acid groups (broad SMARTS) is 1. The molecule has 3 rings (SSSR count).